The molecule has 0 radical (unpaired) electrons. The van der Waals surface area contributed by atoms with Gasteiger partial charge in [-0.2, -0.15) is 5.10 Å². The van der Waals surface area contributed by atoms with E-state index in [0.29, 0.717) is 16.4 Å². The smallest absolute Gasteiger partial charge is 0.196 e. The van der Waals surface area contributed by atoms with E-state index in [9.17, 15) is 13.2 Å². The molecular weight excluding hydrogens is 279 g/mol. The average molecular weight is 290 g/mol. The Labute approximate surface area is 113 Å². The van der Waals surface area contributed by atoms with Gasteiger partial charge in [0.25, 0.3) is 0 Å². The number of anilines is 1. The van der Waals surface area contributed by atoms with E-state index in [4.69, 9.17) is 11.6 Å². The van der Waals surface area contributed by atoms with E-state index in [1.54, 1.807) is 14.0 Å². The molecule has 0 spiro atoms. The number of aryl methyl sites for hydroxylation is 2. The van der Waals surface area contributed by atoms with Crippen LogP contribution >= 0.6 is 11.6 Å². The number of halogens is 4. The van der Waals surface area contributed by atoms with E-state index in [2.05, 4.69) is 10.4 Å². The Kier molecular flexibility index (Phi) is 3.71. The molecule has 2 rings (SSSR count). The zero-order valence-electron chi connectivity index (χ0n) is 10.3. The molecule has 0 bridgehead atoms. The minimum absolute atomic E-state index is 0.127. The summed E-state index contributed by atoms with van der Waals surface area (Å²) in [5.74, 6) is -3.98. The molecule has 0 atom stereocenters. The van der Waals surface area contributed by atoms with E-state index in [0.717, 1.165) is 12.1 Å². The van der Waals surface area contributed by atoms with Gasteiger partial charge in [0.15, 0.2) is 17.5 Å². The molecule has 0 aliphatic rings. The molecule has 102 valence electrons. The van der Waals surface area contributed by atoms with Crippen molar-refractivity contribution in [3.63, 3.8) is 0 Å². The van der Waals surface area contributed by atoms with Crippen LogP contribution in [0, 0.1) is 24.4 Å². The molecule has 1 aromatic carbocycles. The number of nitrogens with zero attached hydrogens (tertiary/aromatic N) is 2. The lowest BCUT2D eigenvalue weighted by Gasteiger charge is -2.08. The number of nitrogens with one attached hydrogen (secondary N) is 1. The fourth-order valence-electron chi connectivity index (χ4n) is 1.72. The SMILES string of the molecule is Cc1nn(C)c(Cl)c1CNc1ccc(F)c(F)c1F. The van der Waals surface area contributed by atoms with Crippen molar-refractivity contribution in [1.29, 1.82) is 0 Å². The first-order valence-corrected chi connectivity index (χ1v) is 5.85. The Morgan fingerprint density at radius 1 is 1.26 bits per heavy atom. The standard InChI is InChI=1S/C12H11ClF3N3/c1-6-7(12(13)19(2)18-6)5-17-9-4-3-8(14)10(15)11(9)16/h3-4,17H,5H2,1-2H3. The van der Waals surface area contributed by atoms with Crippen molar-refractivity contribution in [3.05, 3.63) is 46.0 Å². The van der Waals surface area contributed by atoms with Crippen LogP contribution in [-0.2, 0) is 13.6 Å². The van der Waals surface area contributed by atoms with E-state index >= 15 is 0 Å². The molecule has 7 heteroatoms. The van der Waals surface area contributed by atoms with Crippen LogP contribution in [0.4, 0.5) is 18.9 Å². The normalized spacial score (nSPS) is 10.8. The Morgan fingerprint density at radius 3 is 2.53 bits per heavy atom. The highest BCUT2D eigenvalue weighted by atomic mass is 35.5. The quantitative estimate of drug-likeness (QED) is 0.878. The molecule has 1 N–H and O–H groups in total. The summed E-state index contributed by atoms with van der Waals surface area (Å²) in [5.41, 5.74) is 1.23. The van der Waals surface area contributed by atoms with E-state index in [-0.39, 0.29) is 12.2 Å². The number of hydrogen-bond donors (Lipinski definition) is 1. The topological polar surface area (TPSA) is 29.9 Å². The Hall–Kier alpha value is -1.69. The van der Waals surface area contributed by atoms with Gasteiger partial charge in [0.05, 0.1) is 11.4 Å². The van der Waals surface area contributed by atoms with Crippen LogP contribution in [0.15, 0.2) is 12.1 Å². The number of benzene rings is 1. The Bertz CT molecular complexity index is 625. The summed E-state index contributed by atoms with van der Waals surface area (Å²) in [7, 11) is 1.68. The number of hydrogen-bond acceptors (Lipinski definition) is 2. The predicted molar refractivity (Wildman–Crippen MR) is 66.6 cm³/mol. The van der Waals surface area contributed by atoms with Crippen molar-refractivity contribution in [2.45, 2.75) is 13.5 Å². The Morgan fingerprint density at radius 2 is 1.95 bits per heavy atom. The van der Waals surface area contributed by atoms with Crippen molar-refractivity contribution in [2.24, 2.45) is 7.05 Å². The van der Waals surface area contributed by atoms with Gasteiger partial charge in [-0.05, 0) is 19.1 Å². The van der Waals surface area contributed by atoms with Gasteiger partial charge in [0.2, 0.25) is 0 Å². The lowest BCUT2D eigenvalue weighted by molar-refractivity contribution is 0.449. The monoisotopic (exact) mass is 289 g/mol. The summed E-state index contributed by atoms with van der Waals surface area (Å²) in [6.07, 6.45) is 0. The molecule has 0 aliphatic carbocycles. The van der Waals surface area contributed by atoms with Crippen LogP contribution in [0.25, 0.3) is 0 Å². The van der Waals surface area contributed by atoms with Gasteiger partial charge in [-0.3, -0.25) is 4.68 Å². The maximum Gasteiger partial charge on any atom is 0.196 e. The van der Waals surface area contributed by atoms with Crippen LogP contribution < -0.4 is 5.32 Å². The minimum atomic E-state index is -1.50. The lowest BCUT2D eigenvalue weighted by Crippen LogP contribution is -2.05. The summed E-state index contributed by atoms with van der Waals surface area (Å²) < 4.78 is 40.7. The zero-order valence-corrected chi connectivity index (χ0v) is 11.0. The van der Waals surface area contributed by atoms with Crippen LogP contribution in [0.3, 0.4) is 0 Å². The molecule has 19 heavy (non-hydrogen) atoms. The second kappa shape index (κ2) is 5.13. The van der Waals surface area contributed by atoms with Crippen LogP contribution in [0.5, 0.6) is 0 Å². The second-order valence-electron chi connectivity index (χ2n) is 4.05. The number of aromatic nitrogens is 2. The van der Waals surface area contributed by atoms with Gasteiger partial charge >= 0.3 is 0 Å². The Balaban J connectivity index is 2.22. The maximum absolute atomic E-state index is 13.4. The third-order valence-corrected chi connectivity index (χ3v) is 3.23. The molecule has 0 saturated heterocycles. The summed E-state index contributed by atoms with van der Waals surface area (Å²) in [5, 5.41) is 7.18. The minimum Gasteiger partial charge on any atom is -0.378 e. The highest BCUT2D eigenvalue weighted by Crippen LogP contribution is 2.23. The molecule has 0 fully saturated rings. The first-order chi connectivity index (χ1) is 8.91. The predicted octanol–water partition coefficient (Wildman–Crippen LogP) is 3.41. The van der Waals surface area contributed by atoms with E-state index < -0.39 is 17.5 Å². The molecule has 0 unspecified atom stereocenters. The summed E-state index contributed by atoms with van der Waals surface area (Å²) in [6, 6.07) is 1.99. The van der Waals surface area contributed by atoms with Gasteiger partial charge in [-0.25, -0.2) is 13.2 Å². The average Bonchev–Trinajstić information content (AvgIpc) is 2.61. The highest BCUT2D eigenvalue weighted by molar-refractivity contribution is 6.30. The largest absolute Gasteiger partial charge is 0.378 e. The molecular formula is C12H11ClF3N3. The van der Waals surface area contributed by atoms with E-state index in [1.165, 1.54) is 4.68 Å². The third-order valence-electron chi connectivity index (χ3n) is 2.76. The molecule has 3 nitrogen and oxygen atoms in total. The second-order valence-corrected chi connectivity index (χ2v) is 4.41. The third kappa shape index (κ3) is 2.53. The fraction of sp³-hybridized carbons (Fsp3) is 0.250. The first kappa shape index (κ1) is 13.7. The molecule has 1 aromatic heterocycles. The van der Waals surface area contributed by atoms with Crippen LogP contribution in [0.1, 0.15) is 11.3 Å². The van der Waals surface area contributed by atoms with Gasteiger partial charge in [0.1, 0.15) is 5.15 Å². The van der Waals surface area contributed by atoms with Gasteiger partial charge in [0, 0.05) is 19.2 Å². The van der Waals surface area contributed by atoms with Crippen molar-refractivity contribution < 1.29 is 13.2 Å². The fourth-order valence-corrected chi connectivity index (χ4v) is 1.96. The summed E-state index contributed by atoms with van der Waals surface area (Å²) in [4.78, 5) is 0. The van der Waals surface area contributed by atoms with Crippen molar-refractivity contribution in [1.82, 2.24) is 9.78 Å². The van der Waals surface area contributed by atoms with Crippen LogP contribution in [-0.4, -0.2) is 9.78 Å². The molecule has 2 aromatic rings. The van der Waals surface area contributed by atoms with Gasteiger partial charge < -0.3 is 5.32 Å². The van der Waals surface area contributed by atoms with Crippen molar-refractivity contribution in [3.8, 4) is 0 Å². The van der Waals surface area contributed by atoms with E-state index in [1.807, 2.05) is 0 Å². The maximum atomic E-state index is 13.4. The summed E-state index contributed by atoms with van der Waals surface area (Å²) in [6.45, 7) is 1.92. The van der Waals surface area contributed by atoms with Crippen LogP contribution in [0.2, 0.25) is 5.15 Å². The molecule has 1 heterocycles. The van der Waals surface area contributed by atoms with Crippen molar-refractivity contribution >= 4 is 17.3 Å². The number of rotatable bonds is 3. The summed E-state index contributed by atoms with van der Waals surface area (Å²) >= 11 is 6.01. The zero-order chi connectivity index (χ0) is 14.2. The first-order valence-electron chi connectivity index (χ1n) is 5.47. The molecule has 0 amide bonds. The lowest BCUT2D eigenvalue weighted by atomic mass is 10.2. The molecule has 0 aliphatic heterocycles. The molecule has 0 saturated carbocycles. The highest BCUT2D eigenvalue weighted by Gasteiger charge is 2.15. The van der Waals surface area contributed by atoms with Gasteiger partial charge in [-0.1, -0.05) is 11.6 Å². The van der Waals surface area contributed by atoms with Crippen molar-refractivity contribution in [2.75, 3.05) is 5.32 Å². The van der Waals surface area contributed by atoms with Gasteiger partial charge in [-0.15, -0.1) is 0 Å².